The summed E-state index contributed by atoms with van der Waals surface area (Å²) in [5.74, 6) is 0. The molecule has 4 nitrogen and oxygen atoms in total. The molecule has 1 fully saturated rings. The Hall–Kier alpha value is -0.870. The number of nitrogens with zero attached hydrogens (tertiary/aromatic N) is 2. The van der Waals surface area contributed by atoms with Gasteiger partial charge in [0.1, 0.15) is 0 Å². The SMILES string of the molecule is CCOCCCn1ncc(CNC2CC2)c1C. The van der Waals surface area contributed by atoms with Crippen molar-refractivity contribution in [2.45, 2.75) is 52.2 Å². The van der Waals surface area contributed by atoms with Gasteiger partial charge < -0.3 is 10.1 Å². The number of hydrogen-bond donors (Lipinski definition) is 1. The van der Waals surface area contributed by atoms with E-state index in [-0.39, 0.29) is 0 Å². The summed E-state index contributed by atoms with van der Waals surface area (Å²) in [4.78, 5) is 0. The second kappa shape index (κ2) is 6.17. The van der Waals surface area contributed by atoms with E-state index in [4.69, 9.17) is 4.74 Å². The fraction of sp³-hybridized carbons (Fsp3) is 0.769. The maximum absolute atomic E-state index is 5.34. The van der Waals surface area contributed by atoms with Crippen molar-refractivity contribution in [3.05, 3.63) is 17.5 Å². The lowest BCUT2D eigenvalue weighted by Crippen LogP contribution is -2.16. The predicted octanol–water partition coefficient (Wildman–Crippen LogP) is 1.87. The molecular weight excluding hydrogens is 214 g/mol. The molecule has 17 heavy (non-hydrogen) atoms. The minimum Gasteiger partial charge on any atom is -0.382 e. The molecule has 0 atom stereocenters. The van der Waals surface area contributed by atoms with Crippen LogP contribution in [0.5, 0.6) is 0 Å². The number of aryl methyl sites for hydroxylation is 1. The summed E-state index contributed by atoms with van der Waals surface area (Å²) in [5, 5.41) is 7.96. The topological polar surface area (TPSA) is 39.1 Å². The zero-order valence-corrected chi connectivity index (χ0v) is 10.9. The average Bonchev–Trinajstić information content (AvgIpc) is 3.09. The molecule has 0 spiro atoms. The van der Waals surface area contributed by atoms with E-state index in [1.165, 1.54) is 24.1 Å². The zero-order valence-electron chi connectivity index (χ0n) is 10.9. The second-order valence-electron chi connectivity index (χ2n) is 4.68. The van der Waals surface area contributed by atoms with Gasteiger partial charge in [0, 0.05) is 43.6 Å². The van der Waals surface area contributed by atoms with Crippen molar-refractivity contribution in [3.63, 3.8) is 0 Å². The highest BCUT2D eigenvalue weighted by Crippen LogP contribution is 2.19. The molecule has 1 heterocycles. The maximum atomic E-state index is 5.34. The van der Waals surface area contributed by atoms with Gasteiger partial charge in [0.05, 0.1) is 6.20 Å². The smallest absolute Gasteiger partial charge is 0.0537 e. The summed E-state index contributed by atoms with van der Waals surface area (Å²) in [6.45, 7) is 7.72. The van der Waals surface area contributed by atoms with Crippen molar-refractivity contribution < 1.29 is 4.74 Å². The number of ether oxygens (including phenoxy) is 1. The lowest BCUT2D eigenvalue weighted by Gasteiger charge is -2.06. The van der Waals surface area contributed by atoms with Crippen LogP contribution < -0.4 is 5.32 Å². The second-order valence-corrected chi connectivity index (χ2v) is 4.68. The van der Waals surface area contributed by atoms with Crippen LogP contribution in [0.25, 0.3) is 0 Å². The van der Waals surface area contributed by atoms with E-state index in [1.807, 2.05) is 13.1 Å². The highest BCUT2D eigenvalue weighted by Gasteiger charge is 2.20. The van der Waals surface area contributed by atoms with Crippen LogP contribution in [-0.4, -0.2) is 29.0 Å². The van der Waals surface area contributed by atoms with Crippen LogP contribution in [0, 0.1) is 6.92 Å². The molecule has 0 amide bonds. The van der Waals surface area contributed by atoms with Crippen LogP contribution in [-0.2, 0) is 17.8 Å². The molecule has 1 aromatic heterocycles. The summed E-state index contributed by atoms with van der Waals surface area (Å²) in [6, 6.07) is 0.760. The standard InChI is InChI=1S/C13H23N3O/c1-3-17-8-4-7-16-11(2)12(10-15-16)9-14-13-5-6-13/h10,13-14H,3-9H2,1-2H3. The highest BCUT2D eigenvalue weighted by atomic mass is 16.5. The summed E-state index contributed by atoms with van der Waals surface area (Å²) in [7, 11) is 0. The maximum Gasteiger partial charge on any atom is 0.0537 e. The summed E-state index contributed by atoms with van der Waals surface area (Å²) >= 11 is 0. The van der Waals surface area contributed by atoms with Gasteiger partial charge in [-0.25, -0.2) is 0 Å². The van der Waals surface area contributed by atoms with Crippen molar-refractivity contribution >= 4 is 0 Å². The van der Waals surface area contributed by atoms with Crippen molar-refractivity contribution in [1.82, 2.24) is 15.1 Å². The van der Waals surface area contributed by atoms with E-state index in [9.17, 15) is 0 Å². The third-order valence-electron chi connectivity index (χ3n) is 3.23. The van der Waals surface area contributed by atoms with E-state index >= 15 is 0 Å². The lowest BCUT2D eigenvalue weighted by atomic mass is 10.2. The Bertz CT molecular complexity index is 344. The normalized spacial score (nSPS) is 15.4. The minimum absolute atomic E-state index is 0.760. The fourth-order valence-corrected chi connectivity index (χ4v) is 1.89. The zero-order chi connectivity index (χ0) is 12.1. The van der Waals surface area contributed by atoms with Crippen LogP contribution in [0.15, 0.2) is 6.20 Å². The Kier molecular flexibility index (Phi) is 4.57. The first-order valence-corrected chi connectivity index (χ1v) is 6.63. The first-order valence-electron chi connectivity index (χ1n) is 6.63. The monoisotopic (exact) mass is 237 g/mol. The van der Waals surface area contributed by atoms with Crippen molar-refractivity contribution in [1.29, 1.82) is 0 Å². The molecule has 0 bridgehead atoms. The van der Waals surface area contributed by atoms with E-state index in [1.54, 1.807) is 0 Å². The third-order valence-corrected chi connectivity index (χ3v) is 3.23. The Labute approximate surface area is 103 Å². The van der Waals surface area contributed by atoms with Gasteiger partial charge in [-0.2, -0.15) is 5.10 Å². The lowest BCUT2D eigenvalue weighted by molar-refractivity contribution is 0.140. The fourth-order valence-electron chi connectivity index (χ4n) is 1.89. The molecule has 1 aliphatic carbocycles. The van der Waals surface area contributed by atoms with Crippen LogP contribution in [0.1, 0.15) is 37.4 Å². The summed E-state index contributed by atoms with van der Waals surface area (Å²) in [5.41, 5.74) is 2.61. The van der Waals surface area contributed by atoms with E-state index in [0.717, 1.165) is 38.8 Å². The van der Waals surface area contributed by atoms with E-state index in [0.29, 0.717) is 0 Å². The minimum atomic E-state index is 0.760. The Morgan fingerprint density at radius 2 is 2.35 bits per heavy atom. The molecule has 0 aliphatic heterocycles. The molecule has 0 aromatic carbocycles. The van der Waals surface area contributed by atoms with Gasteiger partial charge in [-0.15, -0.1) is 0 Å². The average molecular weight is 237 g/mol. The van der Waals surface area contributed by atoms with E-state index in [2.05, 4.69) is 22.0 Å². The van der Waals surface area contributed by atoms with Gasteiger partial charge in [0.25, 0.3) is 0 Å². The van der Waals surface area contributed by atoms with Gasteiger partial charge >= 0.3 is 0 Å². The molecular formula is C13H23N3O. The molecule has 1 saturated carbocycles. The van der Waals surface area contributed by atoms with Gasteiger partial charge in [-0.3, -0.25) is 4.68 Å². The summed E-state index contributed by atoms with van der Waals surface area (Å²) < 4.78 is 7.42. The van der Waals surface area contributed by atoms with Gasteiger partial charge in [-0.05, 0) is 33.1 Å². The molecule has 1 N–H and O–H groups in total. The van der Waals surface area contributed by atoms with Gasteiger partial charge in [0.2, 0.25) is 0 Å². The number of aromatic nitrogens is 2. The largest absolute Gasteiger partial charge is 0.382 e. The van der Waals surface area contributed by atoms with Gasteiger partial charge in [0.15, 0.2) is 0 Å². The van der Waals surface area contributed by atoms with Crippen molar-refractivity contribution in [2.75, 3.05) is 13.2 Å². The van der Waals surface area contributed by atoms with Crippen molar-refractivity contribution in [3.8, 4) is 0 Å². The number of hydrogen-bond acceptors (Lipinski definition) is 3. The molecule has 0 saturated heterocycles. The van der Waals surface area contributed by atoms with E-state index < -0.39 is 0 Å². The molecule has 96 valence electrons. The van der Waals surface area contributed by atoms with Crippen LogP contribution in [0.4, 0.5) is 0 Å². The van der Waals surface area contributed by atoms with Crippen LogP contribution in [0.2, 0.25) is 0 Å². The predicted molar refractivity (Wildman–Crippen MR) is 67.9 cm³/mol. The quantitative estimate of drug-likeness (QED) is 0.702. The van der Waals surface area contributed by atoms with Gasteiger partial charge in [-0.1, -0.05) is 0 Å². The molecule has 2 rings (SSSR count). The van der Waals surface area contributed by atoms with Crippen LogP contribution in [0.3, 0.4) is 0 Å². The summed E-state index contributed by atoms with van der Waals surface area (Å²) in [6.07, 6.45) is 5.69. The molecule has 0 unspecified atom stereocenters. The molecule has 4 heteroatoms. The Balaban J connectivity index is 1.76. The first kappa shape index (κ1) is 12.6. The first-order chi connectivity index (χ1) is 8.31. The molecule has 1 aromatic rings. The highest BCUT2D eigenvalue weighted by molar-refractivity contribution is 5.16. The molecule has 0 radical (unpaired) electrons. The third kappa shape index (κ3) is 3.82. The number of rotatable bonds is 8. The van der Waals surface area contributed by atoms with Crippen molar-refractivity contribution in [2.24, 2.45) is 0 Å². The Morgan fingerprint density at radius 3 is 3.06 bits per heavy atom. The molecule has 1 aliphatic rings. The number of nitrogens with one attached hydrogen (secondary N) is 1. The Morgan fingerprint density at radius 1 is 1.53 bits per heavy atom. The van der Waals surface area contributed by atoms with Crippen LogP contribution >= 0.6 is 0 Å².